The maximum absolute atomic E-state index is 12.4. The summed E-state index contributed by atoms with van der Waals surface area (Å²) >= 11 is 9.56. The van der Waals surface area contributed by atoms with Crippen LogP contribution in [0.5, 0.6) is 0 Å². The molecule has 3 nitrogen and oxygen atoms in total. The van der Waals surface area contributed by atoms with Crippen LogP contribution < -0.4 is 5.32 Å². The largest absolute Gasteiger partial charge is 0.343 e. The highest BCUT2D eigenvalue weighted by Crippen LogP contribution is 2.28. The molecule has 0 radical (unpaired) electrons. The molecule has 0 bridgehead atoms. The number of carbonyl (C=O) groups is 1. The number of amides is 1. The average Bonchev–Trinajstić information content (AvgIpc) is 3.38. The molecule has 1 aliphatic heterocycles. The number of aryl methyl sites for hydroxylation is 1. The maximum Gasteiger partial charge on any atom is 0.222 e. The number of hydrogen-bond acceptors (Lipinski definition) is 2. The standard InChI is InChI=1S/C18H24BrClN2O.ClH/c19-17-5-4-15(20)11-14(17)3-6-18(23)22-9-7-16(8-10-22)21-12-13-1-2-13;/h4-5,11,13,16,21H,1-3,6-10,12H2;1H. The highest BCUT2D eigenvalue weighted by Gasteiger charge is 2.25. The summed E-state index contributed by atoms with van der Waals surface area (Å²) in [7, 11) is 0. The molecular formula is C18H25BrCl2N2O. The smallest absolute Gasteiger partial charge is 0.222 e. The molecular weight excluding hydrogens is 411 g/mol. The molecule has 0 atom stereocenters. The molecule has 2 fully saturated rings. The summed E-state index contributed by atoms with van der Waals surface area (Å²) in [6.07, 6.45) is 6.24. The Kier molecular flexibility index (Phi) is 7.86. The van der Waals surface area contributed by atoms with Crippen molar-refractivity contribution in [1.29, 1.82) is 0 Å². The van der Waals surface area contributed by atoms with Crippen LogP contribution in [0.15, 0.2) is 22.7 Å². The van der Waals surface area contributed by atoms with E-state index in [-0.39, 0.29) is 18.3 Å². The molecule has 1 saturated heterocycles. The van der Waals surface area contributed by atoms with Crippen molar-refractivity contribution < 1.29 is 4.79 Å². The van der Waals surface area contributed by atoms with E-state index < -0.39 is 0 Å². The van der Waals surface area contributed by atoms with Crippen molar-refractivity contribution in [3.05, 3.63) is 33.3 Å². The van der Waals surface area contributed by atoms with Gasteiger partial charge in [0.15, 0.2) is 0 Å². The molecule has 24 heavy (non-hydrogen) atoms. The fraction of sp³-hybridized carbons (Fsp3) is 0.611. The number of hydrogen-bond donors (Lipinski definition) is 1. The molecule has 1 aliphatic carbocycles. The van der Waals surface area contributed by atoms with Crippen molar-refractivity contribution in [3.8, 4) is 0 Å². The molecule has 0 spiro atoms. The van der Waals surface area contributed by atoms with Gasteiger partial charge < -0.3 is 10.2 Å². The van der Waals surface area contributed by atoms with E-state index in [1.165, 1.54) is 19.4 Å². The summed E-state index contributed by atoms with van der Waals surface area (Å²) in [4.78, 5) is 14.4. The van der Waals surface area contributed by atoms with Crippen LogP contribution >= 0.6 is 39.9 Å². The van der Waals surface area contributed by atoms with Gasteiger partial charge in [-0.3, -0.25) is 4.79 Å². The number of benzene rings is 1. The van der Waals surface area contributed by atoms with E-state index >= 15 is 0 Å². The van der Waals surface area contributed by atoms with Gasteiger partial charge in [-0.25, -0.2) is 0 Å². The van der Waals surface area contributed by atoms with Crippen LogP contribution in [-0.2, 0) is 11.2 Å². The second kappa shape index (κ2) is 9.42. The van der Waals surface area contributed by atoms with Gasteiger partial charge in [-0.2, -0.15) is 0 Å². The average molecular weight is 436 g/mol. The minimum atomic E-state index is 0. The molecule has 1 N–H and O–H groups in total. The van der Waals surface area contributed by atoms with Crippen LogP contribution in [0.1, 0.15) is 37.7 Å². The van der Waals surface area contributed by atoms with Gasteiger partial charge in [-0.1, -0.05) is 27.5 Å². The lowest BCUT2D eigenvalue weighted by molar-refractivity contribution is -0.132. The van der Waals surface area contributed by atoms with Crippen molar-refractivity contribution in [2.75, 3.05) is 19.6 Å². The summed E-state index contributed by atoms with van der Waals surface area (Å²) in [6, 6.07) is 6.34. The number of carbonyl (C=O) groups excluding carboxylic acids is 1. The zero-order chi connectivity index (χ0) is 16.2. The molecule has 0 unspecified atom stereocenters. The Morgan fingerprint density at radius 1 is 1.25 bits per heavy atom. The minimum Gasteiger partial charge on any atom is -0.343 e. The number of piperidine rings is 1. The fourth-order valence-electron chi connectivity index (χ4n) is 3.12. The summed E-state index contributed by atoms with van der Waals surface area (Å²) < 4.78 is 1.03. The molecule has 1 aromatic carbocycles. The zero-order valence-electron chi connectivity index (χ0n) is 13.8. The molecule has 2 aliphatic rings. The number of likely N-dealkylation sites (tertiary alicyclic amines) is 1. The maximum atomic E-state index is 12.4. The molecule has 0 aromatic heterocycles. The van der Waals surface area contributed by atoms with Crippen molar-refractivity contribution in [2.24, 2.45) is 5.92 Å². The van der Waals surface area contributed by atoms with Crippen LogP contribution in [-0.4, -0.2) is 36.5 Å². The van der Waals surface area contributed by atoms with E-state index in [4.69, 9.17) is 11.6 Å². The summed E-state index contributed by atoms with van der Waals surface area (Å²) in [6.45, 7) is 2.94. The van der Waals surface area contributed by atoms with E-state index in [9.17, 15) is 4.79 Å². The molecule has 1 heterocycles. The normalized spacial score (nSPS) is 18.3. The molecule has 1 amide bonds. The minimum absolute atomic E-state index is 0. The summed E-state index contributed by atoms with van der Waals surface area (Å²) in [5, 5.41) is 4.38. The third-order valence-corrected chi connectivity index (χ3v) is 5.86. The van der Waals surface area contributed by atoms with Crippen LogP contribution in [0.2, 0.25) is 5.02 Å². The van der Waals surface area contributed by atoms with Crippen molar-refractivity contribution in [2.45, 2.75) is 44.6 Å². The predicted molar refractivity (Wildman–Crippen MR) is 105 cm³/mol. The number of nitrogens with one attached hydrogen (secondary N) is 1. The van der Waals surface area contributed by atoms with Crippen LogP contribution in [0.25, 0.3) is 0 Å². The van der Waals surface area contributed by atoms with E-state index in [0.29, 0.717) is 12.5 Å². The fourth-order valence-corrected chi connectivity index (χ4v) is 3.76. The molecule has 134 valence electrons. The van der Waals surface area contributed by atoms with Gasteiger partial charge in [0, 0.05) is 35.0 Å². The Labute approximate surface area is 164 Å². The number of halogens is 3. The van der Waals surface area contributed by atoms with Crippen LogP contribution in [0.4, 0.5) is 0 Å². The Morgan fingerprint density at radius 3 is 2.62 bits per heavy atom. The third kappa shape index (κ3) is 5.91. The van der Waals surface area contributed by atoms with Crippen LogP contribution in [0.3, 0.4) is 0 Å². The molecule has 3 rings (SSSR count). The Morgan fingerprint density at radius 2 is 1.96 bits per heavy atom. The first-order chi connectivity index (χ1) is 11.1. The summed E-state index contributed by atoms with van der Waals surface area (Å²) in [5.74, 6) is 1.18. The second-order valence-corrected chi connectivity index (χ2v) is 8.03. The molecule has 1 saturated carbocycles. The first kappa shape index (κ1) is 20.0. The van der Waals surface area contributed by atoms with Crippen molar-refractivity contribution in [3.63, 3.8) is 0 Å². The third-order valence-electron chi connectivity index (χ3n) is 4.86. The van der Waals surface area contributed by atoms with E-state index in [1.54, 1.807) is 0 Å². The first-order valence-electron chi connectivity index (χ1n) is 8.57. The van der Waals surface area contributed by atoms with Gasteiger partial charge in [0.05, 0.1) is 0 Å². The Balaban J connectivity index is 0.00000208. The predicted octanol–water partition coefficient (Wildman–Crippen LogP) is 4.45. The van der Waals surface area contributed by atoms with E-state index in [0.717, 1.165) is 53.3 Å². The number of nitrogens with zero attached hydrogens (tertiary/aromatic N) is 1. The van der Waals surface area contributed by atoms with Gasteiger partial charge >= 0.3 is 0 Å². The first-order valence-corrected chi connectivity index (χ1v) is 9.74. The Bertz CT molecular complexity index is 558. The van der Waals surface area contributed by atoms with Gasteiger partial charge in [0.1, 0.15) is 0 Å². The Hall–Kier alpha value is -0.290. The van der Waals surface area contributed by atoms with E-state index in [2.05, 4.69) is 21.2 Å². The lowest BCUT2D eigenvalue weighted by Crippen LogP contribution is -2.45. The van der Waals surface area contributed by atoms with Crippen molar-refractivity contribution >= 4 is 45.8 Å². The second-order valence-electron chi connectivity index (χ2n) is 6.74. The van der Waals surface area contributed by atoms with E-state index in [1.807, 2.05) is 23.1 Å². The van der Waals surface area contributed by atoms with Gasteiger partial charge in [0.25, 0.3) is 0 Å². The SMILES string of the molecule is Cl.O=C(CCc1cc(Cl)ccc1Br)N1CCC(NCC2CC2)CC1. The topological polar surface area (TPSA) is 32.3 Å². The quantitative estimate of drug-likeness (QED) is 0.715. The van der Waals surface area contributed by atoms with Gasteiger partial charge in [-0.15, -0.1) is 12.4 Å². The lowest BCUT2D eigenvalue weighted by Gasteiger charge is -2.32. The van der Waals surface area contributed by atoms with Gasteiger partial charge in [-0.05, 0) is 68.3 Å². The summed E-state index contributed by atoms with van der Waals surface area (Å²) in [5.41, 5.74) is 1.10. The lowest BCUT2D eigenvalue weighted by atomic mass is 10.0. The highest BCUT2D eigenvalue weighted by molar-refractivity contribution is 9.10. The zero-order valence-corrected chi connectivity index (χ0v) is 16.9. The van der Waals surface area contributed by atoms with Crippen molar-refractivity contribution in [1.82, 2.24) is 10.2 Å². The van der Waals surface area contributed by atoms with Gasteiger partial charge in [0.2, 0.25) is 5.91 Å². The highest BCUT2D eigenvalue weighted by atomic mass is 79.9. The molecule has 6 heteroatoms. The van der Waals surface area contributed by atoms with Crippen LogP contribution in [0, 0.1) is 5.92 Å². The number of rotatable bonds is 6. The molecule has 1 aromatic rings. The monoisotopic (exact) mass is 434 g/mol.